The summed E-state index contributed by atoms with van der Waals surface area (Å²) in [7, 11) is 0. The van der Waals surface area contributed by atoms with Gasteiger partial charge in [-0.15, -0.1) is 5.26 Å². The van der Waals surface area contributed by atoms with Gasteiger partial charge in [-0.3, -0.25) is 0 Å². The SMILES string of the molecule is N#COc1[c]cc[c]c1. The summed E-state index contributed by atoms with van der Waals surface area (Å²) >= 11 is 0. The van der Waals surface area contributed by atoms with Crippen molar-refractivity contribution in [2.75, 3.05) is 0 Å². The molecular weight excluding hydrogens is 114 g/mol. The molecular formula is C7H3NO. The van der Waals surface area contributed by atoms with Crippen LogP contribution in [0.4, 0.5) is 0 Å². The molecule has 0 fully saturated rings. The maximum atomic E-state index is 8.01. The third kappa shape index (κ3) is 1.46. The first-order chi connectivity index (χ1) is 4.43. The quantitative estimate of drug-likeness (QED) is 0.517. The monoisotopic (exact) mass is 117 g/mol. The minimum atomic E-state index is 0.403. The highest BCUT2D eigenvalue weighted by Crippen LogP contribution is 2.04. The van der Waals surface area contributed by atoms with Crippen molar-refractivity contribution >= 4 is 0 Å². The summed E-state index contributed by atoms with van der Waals surface area (Å²) in [5.41, 5.74) is 0. The molecule has 0 N–H and O–H groups in total. The second-order valence-corrected chi connectivity index (χ2v) is 1.35. The highest BCUT2D eigenvalue weighted by Gasteiger charge is 1.86. The molecule has 2 heteroatoms. The minimum absolute atomic E-state index is 0.403. The number of hydrogen-bond acceptors (Lipinski definition) is 2. The number of benzene rings is 1. The van der Waals surface area contributed by atoms with E-state index in [1.165, 1.54) is 6.26 Å². The average molecular weight is 117 g/mol. The van der Waals surface area contributed by atoms with E-state index in [1.54, 1.807) is 18.2 Å². The third-order valence-corrected chi connectivity index (χ3v) is 0.775. The van der Waals surface area contributed by atoms with E-state index in [9.17, 15) is 0 Å². The van der Waals surface area contributed by atoms with Crippen LogP contribution >= 0.6 is 0 Å². The molecule has 0 bridgehead atoms. The minimum Gasteiger partial charge on any atom is -0.387 e. The highest BCUT2D eigenvalue weighted by atomic mass is 16.5. The van der Waals surface area contributed by atoms with Crippen molar-refractivity contribution in [1.29, 1.82) is 5.26 Å². The lowest BCUT2D eigenvalue weighted by Gasteiger charge is -1.88. The van der Waals surface area contributed by atoms with Gasteiger partial charge in [0.2, 0.25) is 0 Å². The summed E-state index contributed by atoms with van der Waals surface area (Å²) in [5.74, 6) is 0.403. The van der Waals surface area contributed by atoms with Crippen molar-refractivity contribution in [3.05, 3.63) is 30.3 Å². The fraction of sp³-hybridized carbons (Fsp3) is 0. The standard InChI is InChI=1S/C7H3NO/c8-6-9-7-4-2-1-3-5-7/h1-2,5H. The largest absolute Gasteiger partial charge is 0.387 e. The van der Waals surface area contributed by atoms with Gasteiger partial charge in [0.25, 0.3) is 6.26 Å². The lowest BCUT2D eigenvalue weighted by Crippen LogP contribution is -1.78. The second kappa shape index (κ2) is 2.73. The van der Waals surface area contributed by atoms with Crippen LogP contribution in [0.2, 0.25) is 0 Å². The van der Waals surface area contributed by atoms with Gasteiger partial charge >= 0.3 is 0 Å². The molecule has 1 aromatic carbocycles. The molecule has 9 heavy (non-hydrogen) atoms. The van der Waals surface area contributed by atoms with E-state index >= 15 is 0 Å². The first kappa shape index (κ1) is 5.64. The van der Waals surface area contributed by atoms with Gasteiger partial charge in [-0.2, -0.15) is 0 Å². The number of nitriles is 1. The van der Waals surface area contributed by atoms with Gasteiger partial charge in [0.05, 0.1) is 0 Å². The van der Waals surface area contributed by atoms with E-state index in [2.05, 4.69) is 16.9 Å². The molecule has 0 unspecified atom stereocenters. The second-order valence-electron chi connectivity index (χ2n) is 1.35. The van der Waals surface area contributed by atoms with Crippen molar-refractivity contribution in [3.8, 4) is 12.0 Å². The van der Waals surface area contributed by atoms with Crippen LogP contribution in [0.25, 0.3) is 0 Å². The summed E-state index contributed by atoms with van der Waals surface area (Å²) in [6.07, 6.45) is 1.53. The van der Waals surface area contributed by atoms with Crippen molar-refractivity contribution in [2.24, 2.45) is 0 Å². The zero-order chi connectivity index (χ0) is 6.53. The Balaban J connectivity index is 2.76. The van der Waals surface area contributed by atoms with E-state index in [0.717, 1.165) is 0 Å². The molecule has 1 rings (SSSR count). The van der Waals surface area contributed by atoms with Crippen LogP contribution in [-0.4, -0.2) is 0 Å². The van der Waals surface area contributed by atoms with Crippen molar-refractivity contribution in [3.63, 3.8) is 0 Å². The van der Waals surface area contributed by atoms with E-state index in [0.29, 0.717) is 5.75 Å². The van der Waals surface area contributed by atoms with Crippen LogP contribution in [0.15, 0.2) is 18.2 Å². The van der Waals surface area contributed by atoms with E-state index in [4.69, 9.17) is 5.26 Å². The van der Waals surface area contributed by atoms with E-state index < -0.39 is 0 Å². The van der Waals surface area contributed by atoms with Crippen LogP contribution in [0.1, 0.15) is 0 Å². The smallest absolute Gasteiger partial charge is 0.292 e. The molecule has 0 aromatic heterocycles. The van der Waals surface area contributed by atoms with Gasteiger partial charge in [0, 0.05) is 6.07 Å². The van der Waals surface area contributed by atoms with Crippen molar-refractivity contribution in [2.45, 2.75) is 0 Å². The maximum Gasteiger partial charge on any atom is 0.292 e. The zero-order valence-electron chi connectivity index (χ0n) is 4.59. The summed E-state index contributed by atoms with van der Waals surface area (Å²) in [4.78, 5) is 0. The van der Waals surface area contributed by atoms with Crippen molar-refractivity contribution < 1.29 is 4.74 Å². The normalized spacial score (nSPS) is 7.89. The fourth-order valence-electron chi connectivity index (χ4n) is 0.445. The average Bonchev–Trinajstić information content (AvgIpc) is 1.91. The van der Waals surface area contributed by atoms with Gasteiger partial charge in [-0.05, 0) is 18.2 Å². The van der Waals surface area contributed by atoms with Gasteiger partial charge in [0.15, 0.2) is 5.75 Å². The number of nitrogens with zero attached hydrogens (tertiary/aromatic N) is 1. The van der Waals surface area contributed by atoms with Crippen LogP contribution in [0.3, 0.4) is 0 Å². The Labute approximate surface area is 53.3 Å². The van der Waals surface area contributed by atoms with Crippen LogP contribution in [-0.2, 0) is 0 Å². The van der Waals surface area contributed by atoms with E-state index in [1.807, 2.05) is 0 Å². The Morgan fingerprint density at radius 3 is 3.00 bits per heavy atom. The zero-order valence-corrected chi connectivity index (χ0v) is 4.59. The summed E-state index contributed by atoms with van der Waals surface area (Å²) in [6.45, 7) is 0. The number of rotatable bonds is 1. The fourth-order valence-corrected chi connectivity index (χ4v) is 0.445. The van der Waals surface area contributed by atoms with E-state index in [-0.39, 0.29) is 0 Å². The molecule has 0 saturated carbocycles. The summed E-state index contributed by atoms with van der Waals surface area (Å²) in [6, 6.07) is 10.3. The molecule has 1 aromatic rings. The molecule has 0 atom stereocenters. The lowest BCUT2D eigenvalue weighted by atomic mass is 10.3. The Morgan fingerprint density at radius 2 is 2.44 bits per heavy atom. The number of ether oxygens (including phenoxy) is 1. The van der Waals surface area contributed by atoms with Gasteiger partial charge in [-0.1, -0.05) is 6.07 Å². The first-order valence-corrected chi connectivity index (χ1v) is 2.37. The predicted octanol–water partition coefficient (Wildman–Crippen LogP) is 1.15. The molecule has 0 aliphatic heterocycles. The molecule has 0 saturated heterocycles. The Kier molecular flexibility index (Phi) is 1.71. The predicted molar refractivity (Wildman–Crippen MR) is 30.4 cm³/mol. The first-order valence-electron chi connectivity index (χ1n) is 2.37. The molecule has 2 radical (unpaired) electrons. The highest BCUT2D eigenvalue weighted by molar-refractivity contribution is 5.19. The van der Waals surface area contributed by atoms with Crippen molar-refractivity contribution in [1.82, 2.24) is 0 Å². The maximum absolute atomic E-state index is 8.01. The van der Waals surface area contributed by atoms with Gasteiger partial charge in [0.1, 0.15) is 0 Å². The van der Waals surface area contributed by atoms with Gasteiger partial charge in [-0.25, -0.2) is 0 Å². The van der Waals surface area contributed by atoms with Crippen LogP contribution in [0, 0.1) is 23.6 Å². The third-order valence-electron chi connectivity index (χ3n) is 0.775. The summed E-state index contributed by atoms with van der Waals surface area (Å²) < 4.78 is 4.42. The van der Waals surface area contributed by atoms with Gasteiger partial charge < -0.3 is 4.74 Å². The molecule has 0 aliphatic carbocycles. The molecule has 0 heterocycles. The molecule has 2 nitrogen and oxygen atoms in total. The molecule has 0 aliphatic rings. The number of hydrogen-bond donors (Lipinski definition) is 0. The Hall–Kier alpha value is -1.49. The lowest BCUT2D eigenvalue weighted by molar-refractivity contribution is 0.506. The Morgan fingerprint density at radius 1 is 1.56 bits per heavy atom. The Bertz CT molecular complexity index is 212. The van der Waals surface area contributed by atoms with Crippen LogP contribution in [0.5, 0.6) is 5.75 Å². The summed E-state index contributed by atoms with van der Waals surface area (Å²) in [5, 5.41) is 8.01. The topological polar surface area (TPSA) is 33.0 Å². The van der Waals surface area contributed by atoms with Crippen LogP contribution < -0.4 is 4.74 Å². The molecule has 42 valence electrons. The molecule has 0 spiro atoms. The molecule has 0 amide bonds.